The molecule has 2 saturated carbocycles. The Labute approximate surface area is 185 Å². The van der Waals surface area contributed by atoms with Crippen LogP contribution in [0, 0.1) is 17.3 Å². The summed E-state index contributed by atoms with van der Waals surface area (Å²) in [7, 11) is -3.92. The van der Waals surface area contributed by atoms with Gasteiger partial charge >= 0.3 is 10.3 Å². The Morgan fingerprint density at radius 3 is 2.65 bits per heavy atom. The molecule has 2 aromatic rings. The van der Waals surface area contributed by atoms with Crippen molar-refractivity contribution in [3.63, 3.8) is 0 Å². The topological polar surface area (TPSA) is 78.6 Å². The van der Waals surface area contributed by atoms with Crippen LogP contribution in [0.3, 0.4) is 0 Å². The van der Waals surface area contributed by atoms with Crippen LogP contribution >= 0.6 is 0 Å². The second-order valence-electron chi connectivity index (χ2n) is 9.75. The van der Waals surface area contributed by atoms with Gasteiger partial charge in [0.1, 0.15) is 12.4 Å². The fourth-order valence-electron chi connectivity index (χ4n) is 6.66. The number of aryl methyl sites for hydroxylation is 1. The van der Waals surface area contributed by atoms with Crippen molar-refractivity contribution in [2.45, 2.75) is 64.1 Å². The van der Waals surface area contributed by atoms with Crippen molar-refractivity contribution in [1.29, 1.82) is 0 Å². The maximum absolute atomic E-state index is 11.6. The Morgan fingerprint density at radius 2 is 1.87 bits per heavy atom. The predicted molar refractivity (Wildman–Crippen MR) is 120 cm³/mol. The molecule has 0 saturated heterocycles. The van der Waals surface area contributed by atoms with E-state index in [0.29, 0.717) is 24.4 Å². The third-order valence-corrected chi connectivity index (χ3v) is 8.61. The molecule has 2 fully saturated rings. The van der Waals surface area contributed by atoms with Gasteiger partial charge in [-0.25, -0.2) is 5.14 Å². The molecule has 31 heavy (non-hydrogen) atoms. The lowest BCUT2D eigenvalue weighted by atomic mass is 9.55. The first-order valence-corrected chi connectivity index (χ1v) is 12.8. The third kappa shape index (κ3) is 4.01. The number of hydrogen-bond donors (Lipinski definition) is 1. The molecular formula is C25H31NO4S. The van der Waals surface area contributed by atoms with Crippen molar-refractivity contribution in [1.82, 2.24) is 0 Å². The van der Waals surface area contributed by atoms with Gasteiger partial charge in [-0.3, -0.25) is 4.18 Å². The summed E-state index contributed by atoms with van der Waals surface area (Å²) in [5.41, 5.74) is 3.93. The van der Waals surface area contributed by atoms with Gasteiger partial charge < -0.3 is 4.74 Å². The van der Waals surface area contributed by atoms with E-state index in [4.69, 9.17) is 14.1 Å². The fraction of sp³-hybridized carbons (Fsp3) is 0.520. The van der Waals surface area contributed by atoms with Crippen molar-refractivity contribution in [3.05, 3.63) is 65.2 Å². The minimum atomic E-state index is -3.92. The number of ether oxygens (including phenoxy) is 1. The molecular weight excluding hydrogens is 410 g/mol. The van der Waals surface area contributed by atoms with Crippen molar-refractivity contribution in [2.24, 2.45) is 22.4 Å². The Balaban J connectivity index is 1.32. The smallest absolute Gasteiger partial charge is 0.333 e. The molecule has 3 aliphatic carbocycles. The number of benzene rings is 2. The molecule has 0 heterocycles. The molecule has 2 N–H and O–H groups in total. The van der Waals surface area contributed by atoms with Crippen LogP contribution in [-0.2, 0) is 27.5 Å². The van der Waals surface area contributed by atoms with E-state index in [-0.39, 0.29) is 11.5 Å². The lowest BCUT2D eigenvalue weighted by Gasteiger charge is -2.50. The predicted octanol–water partition coefficient (Wildman–Crippen LogP) is 4.71. The maximum Gasteiger partial charge on any atom is 0.333 e. The number of rotatable bonds is 5. The van der Waals surface area contributed by atoms with Crippen LogP contribution in [-0.4, -0.2) is 14.5 Å². The van der Waals surface area contributed by atoms with Gasteiger partial charge in [0.05, 0.1) is 6.10 Å². The van der Waals surface area contributed by atoms with Crippen LogP contribution in [0.2, 0.25) is 0 Å². The van der Waals surface area contributed by atoms with Gasteiger partial charge in [0, 0.05) is 0 Å². The van der Waals surface area contributed by atoms with Gasteiger partial charge in [0.25, 0.3) is 0 Å². The van der Waals surface area contributed by atoms with Gasteiger partial charge in [-0.1, -0.05) is 43.3 Å². The second-order valence-corrected chi connectivity index (χ2v) is 10.9. The highest BCUT2D eigenvalue weighted by molar-refractivity contribution is 7.84. The number of hydrogen-bond acceptors (Lipinski definition) is 4. The first-order valence-electron chi connectivity index (χ1n) is 11.3. The van der Waals surface area contributed by atoms with Crippen molar-refractivity contribution in [3.8, 4) is 5.75 Å². The Bertz CT molecular complexity index is 1050. The zero-order chi connectivity index (χ0) is 21.6. The lowest BCUT2D eigenvalue weighted by Crippen LogP contribution is -2.45. The van der Waals surface area contributed by atoms with Gasteiger partial charge in [0.15, 0.2) is 0 Å². The van der Waals surface area contributed by atoms with Gasteiger partial charge in [-0.15, -0.1) is 0 Å². The summed E-state index contributed by atoms with van der Waals surface area (Å²) < 4.78 is 34.5. The number of fused-ring (bicyclic) bond motifs is 5. The monoisotopic (exact) mass is 441 g/mol. The molecule has 5 atom stereocenters. The van der Waals surface area contributed by atoms with Crippen LogP contribution < -0.4 is 9.88 Å². The third-order valence-electron chi connectivity index (χ3n) is 8.11. The summed E-state index contributed by atoms with van der Waals surface area (Å²) >= 11 is 0. The zero-order valence-corrected chi connectivity index (χ0v) is 18.8. The molecule has 0 radical (unpaired) electrons. The van der Waals surface area contributed by atoms with Crippen LogP contribution in [0.5, 0.6) is 5.75 Å². The normalized spacial score (nSPS) is 32.1. The highest BCUT2D eigenvalue weighted by atomic mass is 32.2. The highest BCUT2D eigenvalue weighted by Crippen LogP contribution is 2.61. The van der Waals surface area contributed by atoms with Crippen LogP contribution in [0.1, 0.15) is 61.6 Å². The summed E-state index contributed by atoms with van der Waals surface area (Å²) in [6.07, 6.45) is 5.74. The average Bonchev–Trinajstić information content (AvgIpc) is 3.07. The van der Waals surface area contributed by atoms with Gasteiger partial charge in [-0.2, -0.15) is 8.42 Å². The highest BCUT2D eigenvalue weighted by Gasteiger charge is 2.56. The van der Waals surface area contributed by atoms with Crippen molar-refractivity contribution in [2.75, 3.05) is 0 Å². The molecule has 2 aromatic carbocycles. The van der Waals surface area contributed by atoms with E-state index < -0.39 is 10.3 Å². The first kappa shape index (κ1) is 21.0. The molecule has 0 amide bonds. The standard InChI is InChI=1S/C25H31NO4S/c1-25-14-13-21-20-10-8-19(29-16-17-5-3-2-4-6-17)15-18(20)7-9-22(21)23(25)11-12-24(25)30-31(26,27)28/h2-6,8,10,15,21-24H,7,9,11-14,16H2,1H3,(H2,26,27,28)/t21?,22?,23?,24-,25-/m0/s1. The first-order chi connectivity index (χ1) is 14.8. The largest absolute Gasteiger partial charge is 0.489 e. The molecule has 3 aliphatic rings. The quantitative estimate of drug-likeness (QED) is 0.729. The van der Waals surface area contributed by atoms with Gasteiger partial charge in [0.2, 0.25) is 0 Å². The van der Waals surface area contributed by atoms with Crippen molar-refractivity contribution < 1.29 is 17.3 Å². The summed E-state index contributed by atoms with van der Waals surface area (Å²) in [6.45, 7) is 2.80. The van der Waals surface area contributed by atoms with E-state index in [1.165, 1.54) is 16.7 Å². The molecule has 6 heteroatoms. The van der Waals surface area contributed by atoms with E-state index in [2.05, 4.69) is 37.3 Å². The average molecular weight is 442 g/mol. The van der Waals surface area contributed by atoms with E-state index >= 15 is 0 Å². The Morgan fingerprint density at radius 1 is 1.06 bits per heavy atom. The summed E-state index contributed by atoms with van der Waals surface area (Å²) in [6, 6.07) is 16.8. The second kappa shape index (κ2) is 7.91. The molecule has 0 spiro atoms. The molecule has 0 aliphatic heterocycles. The van der Waals surface area contributed by atoms with Crippen molar-refractivity contribution >= 4 is 10.3 Å². The fourth-order valence-corrected chi connectivity index (χ4v) is 7.30. The molecule has 3 unspecified atom stereocenters. The van der Waals surface area contributed by atoms with Crippen LogP contribution in [0.25, 0.3) is 0 Å². The minimum Gasteiger partial charge on any atom is -0.489 e. The number of nitrogens with two attached hydrogens (primary N) is 1. The Hall–Kier alpha value is -1.89. The van der Waals surface area contributed by atoms with E-state index in [1.54, 1.807) is 0 Å². The lowest BCUT2D eigenvalue weighted by molar-refractivity contribution is -0.00802. The summed E-state index contributed by atoms with van der Waals surface area (Å²) in [5.74, 6) is 2.54. The van der Waals surface area contributed by atoms with E-state index in [9.17, 15) is 8.42 Å². The minimum absolute atomic E-state index is 0.107. The van der Waals surface area contributed by atoms with Gasteiger partial charge in [-0.05, 0) is 90.5 Å². The Kier molecular flexibility index (Phi) is 5.35. The summed E-state index contributed by atoms with van der Waals surface area (Å²) in [4.78, 5) is 0. The van der Waals surface area contributed by atoms with E-state index in [1.807, 2.05) is 18.2 Å². The molecule has 5 rings (SSSR count). The molecule has 0 aromatic heterocycles. The summed E-state index contributed by atoms with van der Waals surface area (Å²) in [5, 5.41) is 5.21. The van der Waals surface area contributed by atoms with Crippen LogP contribution in [0.15, 0.2) is 48.5 Å². The van der Waals surface area contributed by atoms with E-state index in [0.717, 1.165) is 44.3 Å². The molecule has 166 valence electrons. The SMILES string of the molecule is C[C@]12CCC3c4ccc(OCc5ccccc5)cc4CCC3C1CC[C@@H]2OS(N)(=O)=O. The zero-order valence-electron chi connectivity index (χ0n) is 18.0. The molecule has 5 nitrogen and oxygen atoms in total. The van der Waals surface area contributed by atoms with Crippen LogP contribution in [0.4, 0.5) is 0 Å². The molecule has 0 bridgehead atoms. The maximum atomic E-state index is 11.6.